The Morgan fingerprint density at radius 3 is 2.58 bits per heavy atom. The molecule has 0 saturated carbocycles. The quantitative estimate of drug-likeness (QED) is 0.343. The standard InChI is InChI=1S/C32H41N7O4/c1-22(23-9-11-24(42-4)12-10-23)35-31-25-19-27(36-30(40)8-5-13-37(2)3)28(20-26(25)33-21-34-31)38-14-16-39(17-15-38)32(41)29-7-6-18-43-29/h5,8-12,19-22,29H,6-7,13-18H2,1-4H3,(H,36,40)(H,33,34,35)/b8-5+. The van der Waals surface area contributed by atoms with Crippen LogP contribution >= 0.6 is 0 Å². The molecule has 2 saturated heterocycles. The summed E-state index contributed by atoms with van der Waals surface area (Å²) in [6.45, 7) is 5.81. The molecule has 2 fully saturated rings. The van der Waals surface area contributed by atoms with E-state index in [1.165, 1.54) is 0 Å². The van der Waals surface area contributed by atoms with Gasteiger partial charge in [-0.3, -0.25) is 9.59 Å². The lowest BCUT2D eigenvalue weighted by atomic mass is 10.1. The summed E-state index contributed by atoms with van der Waals surface area (Å²) in [7, 11) is 5.56. The first-order chi connectivity index (χ1) is 20.8. The van der Waals surface area contributed by atoms with Gasteiger partial charge in [0.1, 0.15) is 24.0 Å². The molecule has 3 heterocycles. The van der Waals surface area contributed by atoms with Crippen LogP contribution in [0.3, 0.4) is 0 Å². The van der Waals surface area contributed by atoms with Gasteiger partial charge >= 0.3 is 0 Å². The fourth-order valence-corrected chi connectivity index (χ4v) is 5.44. The maximum Gasteiger partial charge on any atom is 0.251 e. The van der Waals surface area contributed by atoms with E-state index in [4.69, 9.17) is 9.47 Å². The molecule has 11 heteroatoms. The van der Waals surface area contributed by atoms with Crippen molar-refractivity contribution in [3.63, 3.8) is 0 Å². The molecule has 0 bridgehead atoms. The summed E-state index contributed by atoms with van der Waals surface area (Å²) >= 11 is 0. The molecule has 2 amide bonds. The van der Waals surface area contributed by atoms with Crippen LogP contribution < -0.4 is 20.3 Å². The van der Waals surface area contributed by atoms with Crippen LogP contribution in [0.25, 0.3) is 10.9 Å². The lowest BCUT2D eigenvalue weighted by Crippen LogP contribution is -2.51. The van der Waals surface area contributed by atoms with Crippen LogP contribution in [0.1, 0.15) is 31.4 Å². The second-order valence-corrected chi connectivity index (χ2v) is 11.2. The summed E-state index contributed by atoms with van der Waals surface area (Å²) in [4.78, 5) is 41.1. The first kappa shape index (κ1) is 30.2. The average molecular weight is 588 g/mol. The fourth-order valence-electron chi connectivity index (χ4n) is 5.44. The van der Waals surface area contributed by atoms with Crippen LogP contribution in [-0.2, 0) is 14.3 Å². The van der Waals surface area contributed by atoms with Crippen LogP contribution in [0.15, 0.2) is 54.9 Å². The molecular formula is C32H41N7O4. The normalized spacial score (nSPS) is 17.9. The fraction of sp³-hybridized carbons (Fsp3) is 0.438. The lowest BCUT2D eigenvalue weighted by Gasteiger charge is -2.37. The Hall–Kier alpha value is -4.22. The van der Waals surface area contributed by atoms with E-state index in [0.29, 0.717) is 50.8 Å². The topological polar surface area (TPSA) is 112 Å². The Kier molecular flexibility index (Phi) is 9.73. The van der Waals surface area contributed by atoms with Gasteiger partial charge in [0.2, 0.25) is 5.91 Å². The highest BCUT2D eigenvalue weighted by atomic mass is 16.5. The van der Waals surface area contributed by atoms with E-state index in [9.17, 15) is 9.59 Å². The Balaban J connectivity index is 1.41. The molecule has 43 heavy (non-hydrogen) atoms. The Bertz CT molecular complexity index is 1450. The van der Waals surface area contributed by atoms with Crippen molar-refractivity contribution in [3.8, 4) is 5.75 Å². The molecule has 3 aromatic rings. The highest BCUT2D eigenvalue weighted by Crippen LogP contribution is 2.35. The van der Waals surface area contributed by atoms with Crippen molar-refractivity contribution in [1.29, 1.82) is 0 Å². The van der Waals surface area contributed by atoms with Gasteiger partial charge in [0.25, 0.3) is 5.91 Å². The number of nitrogens with zero attached hydrogens (tertiary/aromatic N) is 5. The average Bonchev–Trinajstić information content (AvgIpc) is 3.56. The zero-order valence-electron chi connectivity index (χ0n) is 25.4. The molecule has 2 aromatic carbocycles. The molecular weight excluding hydrogens is 546 g/mol. The number of nitrogens with one attached hydrogen (secondary N) is 2. The van der Waals surface area contributed by atoms with Gasteiger partial charge < -0.3 is 34.8 Å². The van der Waals surface area contributed by atoms with Gasteiger partial charge in [0.05, 0.1) is 24.0 Å². The largest absolute Gasteiger partial charge is 0.497 e. The summed E-state index contributed by atoms with van der Waals surface area (Å²) < 4.78 is 10.9. The predicted molar refractivity (Wildman–Crippen MR) is 169 cm³/mol. The van der Waals surface area contributed by atoms with Gasteiger partial charge in [-0.05, 0) is 63.7 Å². The minimum Gasteiger partial charge on any atom is -0.497 e. The van der Waals surface area contributed by atoms with Crippen molar-refractivity contribution in [2.45, 2.75) is 31.9 Å². The van der Waals surface area contributed by atoms with Crippen molar-refractivity contribution in [3.05, 3.63) is 60.4 Å². The number of fused-ring (bicyclic) bond motifs is 1. The van der Waals surface area contributed by atoms with Gasteiger partial charge in [-0.2, -0.15) is 0 Å². The number of aromatic nitrogens is 2. The molecule has 11 nitrogen and oxygen atoms in total. The minimum absolute atomic E-state index is 0.0369. The first-order valence-electron chi connectivity index (χ1n) is 14.8. The molecule has 2 unspecified atom stereocenters. The van der Waals surface area contributed by atoms with Gasteiger partial charge in [-0.25, -0.2) is 9.97 Å². The number of anilines is 3. The number of ether oxygens (including phenoxy) is 2. The third-order valence-electron chi connectivity index (χ3n) is 7.86. The van der Waals surface area contributed by atoms with E-state index < -0.39 is 0 Å². The van der Waals surface area contributed by atoms with Crippen LogP contribution in [0.2, 0.25) is 0 Å². The van der Waals surface area contributed by atoms with Gasteiger partial charge in [-0.1, -0.05) is 18.2 Å². The summed E-state index contributed by atoms with van der Waals surface area (Å²) in [6, 6.07) is 11.8. The smallest absolute Gasteiger partial charge is 0.251 e. The SMILES string of the molecule is COc1ccc(C(C)Nc2ncnc3cc(N4CCN(C(=O)C5CCCO5)CC4)c(NC(=O)/C=C/CN(C)C)cc23)cc1. The number of likely N-dealkylation sites (N-methyl/N-ethyl adjacent to an activating group) is 1. The van der Waals surface area contributed by atoms with E-state index >= 15 is 0 Å². The first-order valence-corrected chi connectivity index (χ1v) is 14.8. The molecule has 2 atom stereocenters. The summed E-state index contributed by atoms with van der Waals surface area (Å²) in [5, 5.41) is 7.41. The van der Waals surface area contributed by atoms with Crippen LogP contribution in [-0.4, -0.2) is 98.2 Å². The van der Waals surface area contributed by atoms with E-state index in [-0.39, 0.29) is 24.0 Å². The van der Waals surface area contributed by atoms with Gasteiger partial charge in [0, 0.05) is 56.8 Å². The third kappa shape index (κ3) is 7.41. The predicted octanol–water partition coefficient (Wildman–Crippen LogP) is 3.70. The maximum absolute atomic E-state index is 13.0. The number of amides is 2. The zero-order chi connectivity index (χ0) is 30.3. The Morgan fingerprint density at radius 1 is 1.14 bits per heavy atom. The molecule has 0 spiro atoms. The van der Waals surface area contributed by atoms with E-state index in [1.807, 2.05) is 66.4 Å². The molecule has 2 aliphatic rings. The summed E-state index contributed by atoms with van der Waals surface area (Å²) in [5.74, 6) is 1.33. The van der Waals surface area contributed by atoms with Crippen molar-refractivity contribution < 1.29 is 19.1 Å². The van der Waals surface area contributed by atoms with Crippen molar-refractivity contribution in [1.82, 2.24) is 19.8 Å². The molecule has 5 rings (SSSR count). The highest BCUT2D eigenvalue weighted by molar-refractivity contribution is 6.05. The number of hydrogen-bond acceptors (Lipinski definition) is 9. The molecule has 0 radical (unpaired) electrons. The van der Waals surface area contributed by atoms with E-state index in [1.54, 1.807) is 19.5 Å². The highest BCUT2D eigenvalue weighted by Gasteiger charge is 2.31. The van der Waals surface area contributed by atoms with Crippen LogP contribution in [0, 0.1) is 0 Å². The Morgan fingerprint density at radius 2 is 1.91 bits per heavy atom. The van der Waals surface area contributed by atoms with Gasteiger partial charge in [-0.15, -0.1) is 0 Å². The molecule has 2 aliphatic heterocycles. The van der Waals surface area contributed by atoms with Crippen molar-refractivity contribution in [2.24, 2.45) is 0 Å². The number of benzene rings is 2. The second-order valence-electron chi connectivity index (χ2n) is 11.2. The van der Waals surface area contributed by atoms with Gasteiger partial charge in [0.15, 0.2) is 0 Å². The lowest BCUT2D eigenvalue weighted by molar-refractivity contribution is -0.141. The van der Waals surface area contributed by atoms with Crippen molar-refractivity contribution in [2.75, 3.05) is 76.1 Å². The molecule has 0 aliphatic carbocycles. The van der Waals surface area contributed by atoms with Crippen LogP contribution in [0.4, 0.5) is 17.2 Å². The molecule has 1 aromatic heterocycles. The number of carbonyl (C=O) groups is 2. The number of rotatable bonds is 10. The van der Waals surface area contributed by atoms with Crippen molar-refractivity contribution >= 4 is 39.9 Å². The number of methoxy groups -OCH3 is 1. The molecule has 228 valence electrons. The zero-order valence-corrected chi connectivity index (χ0v) is 25.4. The number of piperazine rings is 1. The summed E-state index contributed by atoms with van der Waals surface area (Å²) in [6.07, 6.45) is 6.33. The number of hydrogen-bond donors (Lipinski definition) is 2. The minimum atomic E-state index is -0.320. The number of carbonyl (C=O) groups excluding carboxylic acids is 2. The maximum atomic E-state index is 13.0. The second kappa shape index (κ2) is 13.8. The summed E-state index contributed by atoms with van der Waals surface area (Å²) in [5.41, 5.74) is 3.37. The molecule has 2 N–H and O–H groups in total. The van der Waals surface area contributed by atoms with E-state index in [0.717, 1.165) is 40.7 Å². The van der Waals surface area contributed by atoms with E-state index in [2.05, 4.69) is 32.4 Å². The third-order valence-corrected chi connectivity index (χ3v) is 7.86. The van der Waals surface area contributed by atoms with Crippen LogP contribution in [0.5, 0.6) is 5.75 Å². The monoisotopic (exact) mass is 587 g/mol. The Labute approximate surface area is 252 Å².